The molecule has 0 saturated heterocycles. The second-order valence-electron chi connectivity index (χ2n) is 9.05. The Morgan fingerprint density at radius 1 is 0.857 bits per heavy atom. The molecule has 35 heavy (non-hydrogen) atoms. The van der Waals surface area contributed by atoms with Crippen LogP contribution in [-0.2, 0) is 0 Å². The van der Waals surface area contributed by atoms with Crippen LogP contribution in [0.2, 0.25) is 15.1 Å². The van der Waals surface area contributed by atoms with Crippen molar-refractivity contribution < 1.29 is 4.79 Å². The molecule has 1 saturated carbocycles. The van der Waals surface area contributed by atoms with Gasteiger partial charge in [-0.05, 0) is 72.8 Å². The number of hydrogen-bond acceptors (Lipinski definition) is 2. The van der Waals surface area contributed by atoms with Crippen molar-refractivity contribution in [3.8, 4) is 11.1 Å². The molecule has 0 radical (unpaired) electrons. The fraction of sp³-hybridized carbons (Fsp3) is 0.321. The van der Waals surface area contributed by atoms with E-state index in [0.29, 0.717) is 33.3 Å². The van der Waals surface area contributed by atoms with Crippen LogP contribution in [0, 0.1) is 0 Å². The summed E-state index contributed by atoms with van der Waals surface area (Å²) in [5, 5.41) is 11.2. The Kier molecular flexibility index (Phi) is 9.33. The zero-order chi connectivity index (χ0) is 24.6. The maximum absolute atomic E-state index is 12.6. The van der Waals surface area contributed by atoms with Crippen LogP contribution in [-0.4, -0.2) is 25.2 Å². The number of rotatable bonds is 9. The minimum absolute atomic E-state index is 0.150. The van der Waals surface area contributed by atoms with Gasteiger partial charge in [-0.1, -0.05) is 84.0 Å². The monoisotopic (exact) mass is 529 g/mol. The van der Waals surface area contributed by atoms with Gasteiger partial charge in [-0.25, -0.2) is 4.79 Å². The lowest BCUT2D eigenvalue weighted by Crippen LogP contribution is -2.34. The molecule has 3 aromatic carbocycles. The first-order chi connectivity index (χ1) is 17.0. The van der Waals surface area contributed by atoms with E-state index in [2.05, 4.69) is 46.3 Å². The normalized spacial score (nSPS) is 14.6. The Morgan fingerprint density at radius 2 is 1.54 bits per heavy atom. The molecule has 0 heterocycles. The lowest BCUT2D eigenvalue weighted by Gasteiger charge is -2.21. The lowest BCUT2D eigenvalue weighted by molar-refractivity contribution is 0.251. The molecule has 4 rings (SSSR count). The molecule has 1 aliphatic rings. The topological polar surface area (TPSA) is 53.2 Å². The molecule has 0 aliphatic heterocycles. The third-order valence-electron chi connectivity index (χ3n) is 6.43. The predicted octanol–water partition coefficient (Wildman–Crippen LogP) is 8.14. The first-order valence-electron chi connectivity index (χ1n) is 12.1. The third-order valence-corrected chi connectivity index (χ3v) is 7.10. The van der Waals surface area contributed by atoms with Crippen LogP contribution in [0.5, 0.6) is 0 Å². The fourth-order valence-electron chi connectivity index (χ4n) is 4.64. The summed E-state index contributed by atoms with van der Waals surface area (Å²) in [4.78, 5) is 12.6. The number of benzene rings is 3. The highest BCUT2D eigenvalue weighted by Gasteiger charge is 2.18. The molecule has 184 valence electrons. The van der Waals surface area contributed by atoms with Crippen molar-refractivity contribution in [1.82, 2.24) is 10.6 Å². The number of urea groups is 1. The average Bonchev–Trinajstić information content (AvgIpc) is 3.34. The molecule has 1 aliphatic carbocycles. The smallest absolute Gasteiger partial charge is 0.319 e. The van der Waals surface area contributed by atoms with Gasteiger partial charge < -0.3 is 16.0 Å². The maximum atomic E-state index is 12.6. The van der Waals surface area contributed by atoms with Crippen LogP contribution in [0.4, 0.5) is 10.5 Å². The van der Waals surface area contributed by atoms with Crippen molar-refractivity contribution in [1.29, 1.82) is 0 Å². The summed E-state index contributed by atoms with van der Waals surface area (Å²) in [5.74, 6) is 0.150. The van der Waals surface area contributed by atoms with E-state index in [1.54, 1.807) is 18.2 Å². The Hall–Kier alpha value is -2.24. The maximum Gasteiger partial charge on any atom is 0.319 e. The molecule has 4 nitrogen and oxygen atoms in total. The molecule has 1 atom stereocenters. The first-order valence-corrected chi connectivity index (χ1v) is 13.2. The molecule has 0 aromatic heterocycles. The van der Waals surface area contributed by atoms with E-state index >= 15 is 0 Å². The number of carbonyl (C=O) groups excluding carboxylic acids is 1. The largest absolute Gasteiger partial charge is 0.337 e. The third kappa shape index (κ3) is 7.88. The SMILES string of the molecule is O=C(NCC(CCNC1CCCC1)c1cccc(-c2cccc(Cl)c2)c1)Nc1cc(Cl)cc(Cl)c1. The highest BCUT2D eigenvalue weighted by Crippen LogP contribution is 2.28. The van der Waals surface area contributed by atoms with Gasteiger partial charge in [-0.15, -0.1) is 0 Å². The molecule has 0 bridgehead atoms. The van der Waals surface area contributed by atoms with Crippen LogP contribution >= 0.6 is 34.8 Å². The van der Waals surface area contributed by atoms with Gasteiger partial charge in [-0.2, -0.15) is 0 Å². The number of hydrogen-bond donors (Lipinski definition) is 3. The van der Waals surface area contributed by atoms with E-state index in [1.807, 2.05) is 18.2 Å². The number of amides is 2. The molecule has 1 unspecified atom stereocenters. The van der Waals surface area contributed by atoms with Gasteiger partial charge in [0, 0.05) is 39.3 Å². The number of nitrogens with one attached hydrogen (secondary N) is 3. The second-order valence-corrected chi connectivity index (χ2v) is 10.4. The predicted molar refractivity (Wildman–Crippen MR) is 148 cm³/mol. The molecule has 0 spiro atoms. The average molecular weight is 531 g/mol. The first kappa shape index (κ1) is 25.8. The zero-order valence-corrected chi connectivity index (χ0v) is 21.8. The fourth-order valence-corrected chi connectivity index (χ4v) is 5.35. The minimum atomic E-state index is -0.289. The van der Waals surface area contributed by atoms with E-state index in [9.17, 15) is 4.79 Å². The van der Waals surface area contributed by atoms with Gasteiger partial charge in [0.05, 0.1) is 0 Å². The zero-order valence-electron chi connectivity index (χ0n) is 19.5. The van der Waals surface area contributed by atoms with E-state index < -0.39 is 0 Å². The Labute approximate surface area is 222 Å². The van der Waals surface area contributed by atoms with Crippen molar-refractivity contribution in [3.05, 3.63) is 87.4 Å². The second kappa shape index (κ2) is 12.6. The van der Waals surface area contributed by atoms with E-state index in [1.165, 1.54) is 31.2 Å². The quantitative estimate of drug-likeness (QED) is 0.261. The minimum Gasteiger partial charge on any atom is -0.337 e. The molecule has 3 aromatic rings. The molecule has 2 amide bonds. The van der Waals surface area contributed by atoms with Crippen LogP contribution in [0.3, 0.4) is 0 Å². The summed E-state index contributed by atoms with van der Waals surface area (Å²) < 4.78 is 0. The van der Waals surface area contributed by atoms with Gasteiger partial charge in [0.1, 0.15) is 0 Å². The van der Waals surface area contributed by atoms with Crippen molar-refractivity contribution in [3.63, 3.8) is 0 Å². The molecular formula is C28H30Cl3N3O. The van der Waals surface area contributed by atoms with Crippen LogP contribution < -0.4 is 16.0 Å². The highest BCUT2D eigenvalue weighted by molar-refractivity contribution is 6.35. The Balaban J connectivity index is 1.45. The van der Waals surface area contributed by atoms with E-state index in [4.69, 9.17) is 34.8 Å². The number of carbonyl (C=O) groups is 1. The summed E-state index contributed by atoms with van der Waals surface area (Å²) in [6, 6.07) is 21.6. The van der Waals surface area contributed by atoms with Gasteiger partial charge in [0.2, 0.25) is 0 Å². The number of halogens is 3. The van der Waals surface area contributed by atoms with Crippen LogP contribution in [0.1, 0.15) is 43.6 Å². The van der Waals surface area contributed by atoms with Gasteiger partial charge in [0.25, 0.3) is 0 Å². The lowest BCUT2D eigenvalue weighted by atomic mass is 9.92. The van der Waals surface area contributed by atoms with E-state index in [-0.39, 0.29) is 11.9 Å². The van der Waals surface area contributed by atoms with Crippen molar-refractivity contribution in [2.24, 2.45) is 0 Å². The molecular weight excluding hydrogens is 501 g/mol. The summed E-state index contributed by atoms with van der Waals surface area (Å²) in [5.41, 5.74) is 3.92. The van der Waals surface area contributed by atoms with Crippen molar-refractivity contribution >= 4 is 46.5 Å². The summed E-state index contributed by atoms with van der Waals surface area (Å²) in [7, 11) is 0. The highest BCUT2D eigenvalue weighted by atomic mass is 35.5. The van der Waals surface area contributed by atoms with E-state index in [0.717, 1.165) is 24.1 Å². The van der Waals surface area contributed by atoms with Crippen molar-refractivity contribution in [2.45, 2.75) is 44.1 Å². The van der Waals surface area contributed by atoms with Crippen molar-refractivity contribution in [2.75, 3.05) is 18.4 Å². The van der Waals surface area contributed by atoms with Gasteiger partial charge >= 0.3 is 6.03 Å². The molecule has 3 N–H and O–H groups in total. The summed E-state index contributed by atoms with van der Waals surface area (Å²) in [6.07, 6.45) is 6.02. The number of anilines is 1. The van der Waals surface area contributed by atoms with Gasteiger partial charge in [-0.3, -0.25) is 0 Å². The van der Waals surface area contributed by atoms with Crippen LogP contribution in [0.25, 0.3) is 11.1 Å². The summed E-state index contributed by atoms with van der Waals surface area (Å²) >= 11 is 18.3. The Morgan fingerprint density at radius 3 is 2.26 bits per heavy atom. The molecule has 1 fully saturated rings. The summed E-state index contributed by atoms with van der Waals surface area (Å²) in [6.45, 7) is 1.41. The molecule has 7 heteroatoms. The van der Waals surface area contributed by atoms with Crippen LogP contribution in [0.15, 0.2) is 66.7 Å². The standard InChI is InChI=1S/C28H30Cl3N3O/c29-23-8-4-7-21(14-23)19-5-3-6-20(13-19)22(11-12-32-26-9-1-2-10-26)18-33-28(35)34-27-16-24(30)15-25(31)17-27/h3-8,13-17,22,26,32H,1-2,9-12,18H2,(H2,33,34,35). The van der Waals surface area contributed by atoms with Gasteiger partial charge in [0.15, 0.2) is 0 Å². The Bertz CT molecular complexity index is 1130.